The van der Waals surface area contributed by atoms with Crippen LogP contribution in [0, 0.1) is 6.92 Å². The van der Waals surface area contributed by atoms with Gasteiger partial charge in [-0.2, -0.15) is 10.2 Å². The standard InChI is InChI=1S/C20H16BrN5O/c1-11-14(9-22-25-11)18-8-19(27-13-4-2-12(21)3-5-13)20-15-10-23-26-16(15)6-7-17(20)24-18/h2-10,18,24H,1H3,(H,22,25)(H,23,26). The van der Waals surface area contributed by atoms with Crippen LogP contribution in [0.4, 0.5) is 5.69 Å². The molecule has 2 aromatic carbocycles. The molecule has 1 unspecified atom stereocenters. The van der Waals surface area contributed by atoms with Crippen molar-refractivity contribution in [1.82, 2.24) is 20.4 Å². The lowest BCUT2D eigenvalue weighted by molar-refractivity contribution is 0.511. The third-order valence-corrected chi connectivity index (χ3v) is 5.27. The topological polar surface area (TPSA) is 78.6 Å². The van der Waals surface area contributed by atoms with Gasteiger partial charge in [-0.05, 0) is 49.4 Å². The summed E-state index contributed by atoms with van der Waals surface area (Å²) in [5.41, 5.74) is 5.09. The summed E-state index contributed by atoms with van der Waals surface area (Å²) in [6.07, 6.45) is 5.77. The fourth-order valence-corrected chi connectivity index (χ4v) is 3.67. The molecule has 0 saturated carbocycles. The molecule has 0 saturated heterocycles. The normalized spacial score (nSPS) is 15.9. The lowest BCUT2D eigenvalue weighted by atomic mass is 9.96. The van der Waals surface area contributed by atoms with Crippen molar-refractivity contribution in [3.63, 3.8) is 0 Å². The molecule has 0 amide bonds. The van der Waals surface area contributed by atoms with Crippen LogP contribution in [0.5, 0.6) is 5.75 Å². The van der Waals surface area contributed by atoms with Gasteiger partial charge in [0.1, 0.15) is 11.5 Å². The van der Waals surface area contributed by atoms with Gasteiger partial charge in [-0.1, -0.05) is 15.9 Å². The van der Waals surface area contributed by atoms with Crippen molar-refractivity contribution in [3.05, 3.63) is 76.2 Å². The average molecular weight is 422 g/mol. The van der Waals surface area contributed by atoms with Gasteiger partial charge >= 0.3 is 0 Å². The number of rotatable bonds is 3. The van der Waals surface area contributed by atoms with E-state index in [-0.39, 0.29) is 6.04 Å². The fraction of sp³-hybridized carbons (Fsp3) is 0.100. The van der Waals surface area contributed by atoms with Crippen LogP contribution in [0.2, 0.25) is 0 Å². The SMILES string of the molecule is Cc1[nH]ncc1C1C=C(Oc2ccc(Br)cc2)c2c(ccc3[nH]ncc23)N1. The Hall–Kier alpha value is -3.06. The number of aromatic nitrogens is 4. The predicted molar refractivity (Wildman–Crippen MR) is 109 cm³/mol. The molecule has 0 bridgehead atoms. The molecule has 1 atom stereocenters. The summed E-state index contributed by atoms with van der Waals surface area (Å²) in [5.74, 6) is 1.57. The van der Waals surface area contributed by atoms with E-state index in [1.54, 1.807) is 0 Å². The van der Waals surface area contributed by atoms with Gasteiger partial charge in [0.2, 0.25) is 0 Å². The van der Waals surface area contributed by atoms with Gasteiger partial charge < -0.3 is 10.1 Å². The van der Waals surface area contributed by atoms with Crippen molar-refractivity contribution in [3.8, 4) is 5.75 Å². The molecule has 4 aromatic rings. The number of halogens is 1. The van der Waals surface area contributed by atoms with Crippen LogP contribution >= 0.6 is 15.9 Å². The number of hydrogen-bond donors (Lipinski definition) is 3. The molecule has 27 heavy (non-hydrogen) atoms. The van der Waals surface area contributed by atoms with Gasteiger partial charge in [0.05, 0.1) is 29.5 Å². The molecule has 0 fully saturated rings. The molecule has 2 aromatic heterocycles. The molecule has 1 aliphatic rings. The maximum Gasteiger partial charge on any atom is 0.135 e. The highest BCUT2D eigenvalue weighted by Gasteiger charge is 2.25. The summed E-state index contributed by atoms with van der Waals surface area (Å²) in [4.78, 5) is 0. The summed E-state index contributed by atoms with van der Waals surface area (Å²) >= 11 is 3.46. The molecule has 5 rings (SSSR count). The Morgan fingerprint density at radius 2 is 1.81 bits per heavy atom. The lowest BCUT2D eigenvalue weighted by Crippen LogP contribution is -2.17. The zero-order valence-corrected chi connectivity index (χ0v) is 16.0. The first-order valence-electron chi connectivity index (χ1n) is 8.57. The minimum absolute atomic E-state index is 0.0361. The average Bonchev–Trinajstić information content (AvgIpc) is 3.31. The van der Waals surface area contributed by atoms with Crippen molar-refractivity contribution >= 4 is 38.3 Å². The van der Waals surface area contributed by atoms with Crippen LogP contribution in [0.25, 0.3) is 16.7 Å². The van der Waals surface area contributed by atoms with Crippen molar-refractivity contribution in [1.29, 1.82) is 0 Å². The molecule has 3 heterocycles. The largest absolute Gasteiger partial charge is 0.457 e. The van der Waals surface area contributed by atoms with Crippen LogP contribution < -0.4 is 10.1 Å². The number of nitrogens with zero attached hydrogens (tertiary/aromatic N) is 2. The van der Waals surface area contributed by atoms with E-state index >= 15 is 0 Å². The van der Waals surface area contributed by atoms with Crippen LogP contribution in [0.1, 0.15) is 22.9 Å². The van der Waals surface area contributed by atoms with E-state index < -0.39 is 0 Å². The molecule has 0 spiro atoms. The predicted octanol–water partition coefficient (Wildman–Crippen LogP) is 4.94. The quantitative estimate of drug-likeness (QED) is 0.437. The number of benzene rings is 2. The Labute approximate surface area is 163 Å². The molecule has 134 valence electrons. The van der Waals surface area contributed by atoms with Crippen LogP contribution in [-0.4, -0.2) is 20.4 Å². The summed E-state index contributed by atoms with van der Waals surface area (Å²) in [6.45, 7) is 2.02. The Morgan fingerprint density at radius 1 is 1.00 bits per heavy atom. The summed E-state index contributed by atoms with van der Waals surface area (Å²) in [7, 11) is 0. The van der Waals surface area contributed by atoms with Crippen LogP contribution in [0.15, 0.2) is 59.3 Å². The number of H-pyrrole nitrogens is 2. The Morgan fingerprint density at radius 3 is 2.59 bits per heavy atom. The molecular formula is C20H16BrN5O. The Bertz CT molecular complexity index is 1160. The van der Waals surface area contributed by atoms with Gasteiger partial charge in [0.15, 0.2) is 0 Å². The second-order valence-electron chi connectivity index (χ2n) is 6.48. The van der Waals surface area contributed by atoms with Crippen molar-refractivity contribution in [2.45, 2.75) is 13.0 Å². The van der Waals surface area contributed by atoms with E-state index in [0.29, 0.717) is 0 Å². The third-order valence-electron chi connectivity index (χ3n) is 4.75. The van der Waals surface area contributed by atoms with Crippen molar-refractivity contribution in [2.75, 3.05) is 5.32 Å². The third kappa shape index (κ3) is 2.80. The number of aromatic amines is 2. The van der Waals surface area contributed by atoms with Gasteiger partial charge in [-0.3, -0.25) is 10.2 Å². The Balaban J connectivity index is 1.65. The first-order valence-corrected chi connectivity index (χ1v) is 9.36. The molecular weight excluding hydrogens is 406 g/mol. The van der Waals surface area contributed by atoms with E-state index in [1.165, 1.54) is 0 Å². The van der Waals surface area contributed by atoms with Gasteiger partial charge in [-0.15, -0.1) is 0 Å². The smallest absolute Gasteiger partial charge is 0.135 e. The maximum atomic E-state index is 6.31. The molecule has 0 radical (unpaired) electrons. The maximum absolute atomic E-state index is 6.31. The van der Waals surface area contributed by atoms with E-state index in [9.17, 15) is 0 Å². The minimum Gasteiger partial charge on any atom is -0.457 e. The number of ether oxygens (including phenoxy) is 1. The molecule has 0 aliphatic carbocycles. The first-order chi connectivity index (χ1) is 13.2. The van der Waals surface area contributed by atoms with E-state index in [1.807, 2.05) is 49.6 Å². The first kappa shape index (κ1) is 16.1. The van der Waals surface area contributed by atoms with Gasteiger partial charge in [-0.25, -0.2) is 0 Å². The number of fused-ring (bicyclic) bond motifs is 3. The van der Waals surface area contributed by atoms with E-state index in [4.69, 9.17) is 4.74 Å². The van der Waals surface area contributed by atoms with E-state index in [0.717, 1.165) is 49.4 Å². The highest BCUT2D eigenvalue weighted by atomic mass is 79.9. The molecule has 7 heteroatoms. The zero-order chi connectivity index (χ0) is 18.4. The second kappa shape index (κ2) is 6.28. The molecule has 3 N–H and O–H groups in total. The highest BCUT2D eigenvalue weighted by molar-refractivity contribution is 9.10. The Kier molecular flexibility index (Phi) is 3.75. The lowest BCUT2D eigenvalue weighted by Gasteiger charge is -2.26. The van der Waals surface area contributed by atoms with Crippen LogP contribution in [0.3, 0.4) is 0 Å². The minimum atomic E-state index is -0.0361. The van der Waals surface area contributed by atoms with Gasteiger partial charge in [0.25, 0.3) is 0 Å². The molecule has 1 aliphatic heterocycles. The van der Waals surface area contributed by atoms with E-state index in [2.05, 4.69) is 53.8 Å². The summed E-state index contributed by atoms with van der Waals surface area (Å²) in [6, 6.07) is 11.9. The highest BCUT2D eigenvalue weighted by Crippen LogP contribution is 2.40. The van der Waals surface area contributed by atoms with Gasteiger partial charge in [0, 0.05) is 26.8 Å². The second-order valence-corrected chi connectivity index (χ2v) is 7.39. The van der Waals surface area contributed by atoms with Crippen molar-refractivity contribution < 1.29 is 4.74 Å². The number of anilines is 1. The number of aryl methyl sites for hydroxylation is 1. The fourth-order valence-electron chi connectivity index (χ4n) is 3.40. The van der Waals surface area contributed by atoms with Crippen LogP contribution in [-0.2, 0) is 0 Å². The molecule has 6 nitrogen and oxygen atoms in total. The van der Waals surface area contributed by atoms with Crippen molar-refractivity contribution in [2.24, 2.45) is 0 Å². The summed E-state index contributed by atoms with van der Waals surface area (Å²) < 4.78 is 7.32. The number of hydrogen-bond acceptors (Lipinski definition) is 4. The summed E-state index contributed by atoms with van der Waals surface area (Å²) in [5, 5.41) is 19.0. The monoisotopic (exact) mass is 421 g/mol. The number of nitrogens with one attached hydrogen (secondary N) is 3. The zero-order valence-electron chi connectivity index (χ0n) is 14.5.